The van der Waals surface area contributed by atoms with Crippen LogP contribution in [0.4, 0.5) is 4.39 Å². The lowest BCUT2D eigenvalue weighted by Crippen LogP contribution is -2.47. The standard InChI is InChI=1S/C19H25FO7S/c1-4-19(11-5-6-12-19)27-17(22)18(2,16(21)25-3)13-26-28(23,24)15-9-7-14(20)8-10-15/h7-10H,4-6,11-13H2,1-3H3. The summed E-state index contributed by atoms with van der Waals surface area (Å²) in [6.45, 7) is 2.32. The molecule has 1 aromatic carbocycles. The van der Waals surface area contributed by atoms with Gasteiger partial charge in [-0.3, -0.25) is 13.8 Å². The summed E-state index contributed by atoms with van der Waals surface area (Å²) in [5.41, 5.74) is -2.63. The van der Waals surface area contributed by atoms with Crippen molar-refractivity contribution in [2.75, 3.05) is 13.7 Å². The maximum Gasteiger partial charge on any atom is 0.326 e. The minimum absolute atomic E-state index is 0.296. The van der Waals surface area contributed by atoms with Crippen LogP contribution in [-0.2, 0) is 33.4 Å². The minimum atomic E-state index is -4.32. The fourth-order valence-corrected chi connectivity index (χ4v) is 4.14. The van der Waals surface area contributed by atoms with Crippen molar-refractivity contribution in [1.82, 2.24) is 0 Å². The van der Waals surface area contributed by atoms with Gasteiger partial charge in [0.1, 0.15) is 11.4 Å². The predicted molar refractivity (Wildman–Crippen MR) is 97.2 cm³/mol. The van der Waals surface area contributed by atoms with E-state index in [1.54, 1.807) is 0 Å². The third kappa shape index (κ3) is 4.70. The molecule has 2 rings (SSSR count). The Morgan fingerprint density at radius 2 is 1.71 bits per heavy atom. The Kier molecular flexibility index (Phi) is 6.82. The van der Waals surface area contributed by atoms with Gasteiger partial charge in [-0.2, -0.15) is 8.42 Å². The summed E-state index contributed by atoms with van der Waals surface area (Å²) in [6, 6.07) is 4.00. The zero-order valence-corrected chi connectivity index (χ0v) is 17.0. The molecule has 0 amide bonds. The van der Waals surface area contributed by atoms with E-state index < -0.39 is 45.5 Å². The average molecular weight is 416 g/mol. The Bertz CT molecular complexity index is 813. The molecule has 1 unspecified atom stereocenters. The molecule has 0 radical (unpaired) electrons. The lowest BCUT2D eigenvalue weighted by Gasteiger charge is -2.32. The Hall–Kier alpha value is -2.00. The first-order valence-corrected chi connectivity index (χ1v) is 10.5. The number of methoxy groups -OCH3 is 1. The first-order chi connectivity index (χ1) is 13.1. The summed E-state index contributed by atoms with van der Waals surface area (Å²) in [5.74, 6) is -2.46. The smallest absolute Gasteiger partial charge is 0.326 e. The molecule has 1 atom stereocenters. The third-order valence-electron chi connectivity index (χ3n) is 5.16. The molecule has 0 heterocycles. The van der Waals surface area contributed by atoms with E-state index in [1.165, 1.54) is 6.92 Å². The zero-order valence-electron chi connectivity index (χ0n) is 16.2. The SMILES string of the molecule is CCC1(OC(=O)C(C)(COS(=O)(=O)c2ccc(F)cc2)C(=O)OC)CCCC1. The van der Waals surface area contributed by atoms with Gasteiger partial charge in [-0.25, -0.2) is 4.39 Å². The molecule has 9 heteroatoms. The fourth-order valence-electron chi connectivity index (χ4n) is 3.15. The summed E-state index contributed by atoms with van der Waals surface area (Å²) in [4.78, 5) is 24.8. The van der Waals surface area contributed by atoms with Crippen LogP contribution in [0.5, 0.6) is 0 Å². The van der Waals surface area contributed by atoms with Crippen LogP contribution in [-0.4, -0.2) is 39.7 Å². The molecule has 0 aliphatic heterocycles. The topological polar surface area (TPSA) is 96.0 Å². The highest BCUT2D eigenvalue weighted by Crippen LogP contribution is 2.38. The Labute approximate surface area is 164 Å². The summed E-state index contributed by atoms with van der Waals surface area (Å²) in [6.07, 6.45) is 3.77. The van der Waals surface area contributed by atoms with Gasteiger partial charge in [-0.05, 0) is 63.3 Å². The maximum absolute atomic E-state index is 13.0. The highest BCUT2D eigenvalue weighted by atomic mass is 32.2. The van der Waals surface area contributed by atoms with E-state index in [9.17, 15) is 22.4 Å². The molecule has 28 heavy (non-hydrogen) atoms. The number of ether oxygens (including phenoxy) is 2. The molecule has 1 fully saturated rings. The van der Waals surface area contributed by atoms with E-state index in [-0.39, 0.29) is 4.90 Å². The number of carbonyl (C=O) groups excluding carboxylic acids is 2. The van der Waals surface area contributed by atoms with Gasteiger partial charge >= 0.3 is 11.9 Å². The van der Waals surface area contributed by atoms with Crippen LogP contribution in [0, 0.1) is 11.2 Å². The quantitative estimate of drug-likeness (QED) is 0.365. The summed E-state index contributed by atoms with van der Waals surface area (Å²) < 4.78 is 53.0. The largest absolute Gasteiger partial charge is 0.468 e. The molecular weight excluding hydrogens is 391 g/mol. The summed E-state index contributed by atoms with van der Waals surface area (Å²) in [5, 5.41) is 0. The van der Waals surface area contributed by atoms with Crippen LogP contribution in [0.15, 0.2) is 29.2 Å². The highest BCUT2D eigenvalue weighted by Gasteiger charge is 2.49. The van der Waals surface area contributed by atoms with E-state index >= 15 is 0 Å². The molecule has 1 aliphatic carbocycles. The van der Waals surface area contributed by atoms with Gasteiger partial charge in [0.2, 0.25) is 0 Å². The number of esters is 2. The molecule has 1 aromatic rings. The maximum atomic E-state index is 13.0. The fraction of sp³-hybridized carbons (Fsp3) is 0.579. The monoisotopic (exact) mass is 416 g/mol. The second kappa shape index (κ2) is 8.57. The molecule has 0 bridgehead atoms. The van der Waals surface area contributed by atoms with Crippen LogP contribution < -0.4 is 0 Å². The molecule has 156 valence electrons. The lowest BCUT2D eigenvalue weighted by molar-refractivity contribution is -0.182. The number of carbonyl (C=O) groups is 2. The van der Waals surface area contributed by atoms with Gasteiger partial charge in [0.15, 0.2) is 5.41 Å². The predicted octanol–water partition coefficient (Wildman–Crippen LogP) is 2.98. The van der Waals surface area contributed by atoms with Gasteiger partial charge < -0.3 is 9.47 Å². The molecule has 1 aliphatic rings. The summed E-state index contributed by atoms with van der Waals surface area (Å²) >= 11 is 0. The molecule has 0 saturated heterocycles. The number of hydrogen-bond acceptors (Lipinski definition) is 7. The Morgan fingerprint density at radius 3 is 2.21 bits per heavy atom. The second-order valence-electron chi connectivity index (χ2n) is 7.13. The van der Waals surface area contributed by atoms with E-state index in [4.69, 9.17) is 13.7 Å². The van der Waals surface area contributed by atoms with Crippen molar-refractivity contribution in [1.29, 1.82) is 0 Å². The van der Waals surface area contributed by atoms with Crippen molar-refractivity contribution in [2.45, 2.75) is 56.4 Å². The van der Waals surface area contributed by atoms with Crippen LogP contribution in [0.3, 0.4) is 0 Å². The number of benzene rings is 1. The van der Waals surface area contributed by atoms with Gasteiger partial charge in [0.25, 0.3) is 10.1 Å². The van der Waals surface area contributed by atoms with Gasteiger partial charge in [0.05, 0.1) is 18.6 Å². The van der Waals surface area contributed by atoms with Crippen molar-refractivity contribution in [3.63, 3.8) is 0 Å². The molecule has 0 spiro atoms. The lowest BCUT2D eigenvalue weighted by atomic mass is 9.90. The molecule has 0 N–H and O–H groups in total. The van der Waals surface area contributed by atoms with Crippen LogP contribution in [0.2, 0.25) is 0 Å². The van der Waals surface area contributed by atoms with Crippen LogP contribution in [0.25, 0.3) is 0 Å². The van der Waals surface area contributed by atoms with Crippen LogP contribution in [0.1, 0.15) is 46.0 Å². The first-order valence-electron chi connectivity index (χ1n) is 9.05. The average Bonchev–Trinajstić information content (AvgIpc) is 3.14. The van der Waals surface area contributed by atoms with Gasteiger partial charge in [0, 0.05) is 0 Å². The molecule has 7 nitrogen and oxygen atoms in total. The molecular formula is C19H25FO7S. The number of rotatable bonds is 8. The van der Waals surface area contributed by atoms with Crippen LogP contribution >= 0.6 is 0 Å². The van der Waals surface area contributed by atoms with Gasteiger partial charge in [-0.15, -0.1) is 0 Å². The van der Waals surface area contributed by atoms with E-state index in [0.29, 0.717) is 19.3 Å². The second-order valence-corrected chi connectivity index (χ2v) is 8.74. The molecule has 0 aromatic heterocycles. The third-order valence-corrected chi connectivity index (χ3v) is 6.44. The normalized spacial score (nSPS) is 18.3. The minimum Gasteiger partial charge on any atom is -0.468 e. The van der Waals surface area contributed by atoms with E-state index in [2.05, 4.69) is 0 Å². The van der Waals surface area contributed by atoms with Crippen molar-refractivity contribution >= 4 is 22.1 Å². The van der Waals surface area contributed by atoms with Crippen molar-refractivity contribution in [3.8, 4) is 0 Å². The number of halogens is 1. The van der Waals surface area contributed by atoms with Crippen molar-refractivity contribution in [3.05, 3.63) is 30.1 Å². The highest BCUT2D eigenvalue weighted by molar-refractivity contribution is 7.86. The molecule has 1 saturated carbocycles. The van der Waals surface area contributed by atoms with Crippen molar-refractivity contribution in [2.24, 2.45) is 5.41 Å². The summed E-state index contributed by atoms with van der Waals surface area (Å²) in [7, 11) is -3.22. The number of hydrogen-bond donors (Lipinski definition) is 0. The van der Waals surface area contributed by atoms with E-state index in [0.717, 1.165) is 44.2 Å². The zero-order chi connectivity index (χ0) is 21.0. The first kappa shape index (κ1) is 22.3. The van der Waals surface area contributed by atoms with E-state index in [1.807, 2.05) is 6.92 Å². The van der Waals surface area contributed by atoms with Gasteiger partial charge in [-0.1, -0.05) is 6.92 Å². The van der Waals surface area contributed by atoms with Crippen molar-refractivity contribution < 1.29 is 36.1 Å². The Morgan fingerprint density at radius 1 is 1.14 bits per heavy atom. The Balaban J connectivity index is 2.21.